The van der Waals surface area contributed by atoms with Crippen molar-refractivity contribution in [1.82, 2.24) is 10.6 Å². The van der Waals surface area contributed by atoms with Crippen LogP contribution in [0.3, 0.4) is 0 Å². The van der Waals surface area contributed by atoms with Gasteiger partial charge in [0, 0.05) is 12.6 Å². The van der Waals surface area contributed by atoms with Gasteiger partial charge in [-0.2, -0.15) is 0 Å². The highest BCUT2D eigenvalue weighted by Crippen LogP contribution is 2.17. The molecule has 0 aromatic heterocycles. The number of carbonyl (C=O) groups excluding carboxylic acids is 1. The lowest BCUT2D eigenvalue weighted by molar-refractivity contribution is 0.232. The van der Waals surface area contributed by atoms with Crippen molar-refractivity contribution < 1.29 is 13.2 Å². The zero-order chi connectivity index (χ0) is 16.0. The van der Waals surface area contributed by atoms with Crippen LogP contribution in [-0.4, -0.2) is 26.2 Å². The summed E-state index contributed by atoms with van der Waals surface area (Å²) in [5, 5.41) is 5.81. The zero-order valence-corrected chi connectivity index (χ0v) is 13.8. The van der Waals surface area contributed by atoms with Gasteiger partial charge in [-0.1, -0.05) is 38.3 Å². The molecule has 0 radical (unpaired) electrons. The standard InChI is InChI=1S/C16H24N2O3S/c1-2-22(20,21)15-10-8-13(9-11-15)12-17-16(19)18-14-6-4-3-5-7-14/h8-11,14H,2-7,12H2,1H3,(H2,17,18,19). The Morgan fingerprint density at radius 2 is 1.77 bits per heavy atom. The smallest absolute Gasteiger partial charge is 0.315 e. The summed E-state index contributed by atoms with van der Waals surface area (Å²) in [6, 6.07) is 6.79. The summed E-state index contributed by atoms with van der Waals surface area (Å²) in [4.78, 5) is 12.2. The molecule has 0 unspecified atom stereocenters. The fraction of sp³-hybridized carbons (Fsp3) is 0.562. The highest BCUT2D eigenvalue weighted by molar-refractivity contribution is 7.91. The molecule has 2 amide bonds. The molecule has 122 valence electrons. The fourth-order valence-electron chi connectivity index (χ4n) is 2.65. The second-order valence-corrected chi connectivity index (χ2v) is 7.99. The third kappa shape index (κ3) is 4.73. The Morgan fingerprint density at radius 3 is 2.36 bits per heavy atom. The Morgan fingerprint density at radius 1 is 1.14 bits per heavy atom. The molecule has 6 heteroatoms. The second-order valence-electron chi connectivity index (χ2n) is 5.71. The Balaban J connectivity index is 1.82. The molecule has 0 atom stereocenters. The quantitative estimate of drug-likeness (QED) is 0.874. The summed E-state index contributed by atoms with van der Waals surface area (Å²) < 4.78 is 23.4. The van der Waals surface area contributed by atoms with E-state index in [2.05, 4.69) is 10.6 Å². The molecule has 1 aromatic rings. The molecule has 1 fully saturated rings. The molecule has 0 heterocycles. The first-order valence-corrected chi connectivity index (χ1v) is 9.52. The maximum Gasteiger partial charge on any atom is 0.315 e. The summed E-state index contributed by atoms with van der Waals surface area (Å²) in [5.74, 6) is 0.0917. The topological polar surface area (TPSA) is 75.3 Å². The highest BCUT2D eigenvalue weighted by atomic mass is 32.2. The van der Waals surface area contributed by atoms with E-state index >= 15 is 0 Å². The summed E-state index contributed by atoms with van der Waals surface area (Å²) in [6.07, 6.45) is 5.72. The van der Waals surface area contributed by atoms with Gasteiger partial charge in [0.25, 0.3) is 0 Å². The van der Waals surface area contributed by atoms with Crippen LogP contribution in [0.2, 0.25) is 0 Å². The first-order valence-electron chi connectivity index (χ1n) is 7.87. The van der Waals surface area contributed by atoms with Gasteiger partial charge in [0.2, 0.25) is 0 Å². The molecule has 0 bridgehead atoms. The van der Waals surface area contributed by atoms with Gasteiger partial charge < -0.3 is 10.6 Å². The predicted molar refractivity (Wildman–Crippen MR) is 86.4 cm³/mol. The molecule has 0 aliphatic heterocycles. The maximum absolute atomic E-state index is 11.8. The number of sulfone groups is 1. The van der Waals surface area contributed by atoms with Crippen LogP contribution in [0.1, 0.15) is 44.6 Å². The average Bonchev–Trinajstić information content (AvgIpc) is 2.54. The second kappa shape index (κ2) is 7.63. The van der Waals surface area contributed by atoms with Gasteiger partial charge in [-0.25, -0.2) is 13.2 Å². The van der Waals surface area contributed by atoms with Crippen LogP contribution >= 0.6 is 0 Å². The van der Waals surface area contributed by atoms with Crippen LogP contribution in [0.5, 0.6) is 0 Å². The minimum atomic E-state index is -3.17. The van der Waals surface area contributed by atoms with Crippen molar-refractivity contribution >= 4 is 15.9 Å². The van der Waals surface area contributed by atoms with E-state index in [0.717, 1.165) is 18.4 Å². The Labute approximate surface area is 132 Å². The van der Waals surface area contributed by atoms with Crippen LogP contribution in [0.15, 0.2) is 29.2 Å². The molecule has 2 rings (SSSR count). The molecule has 0 spiro atoms. The average molecular weight is 324 g/mol. The van der Waals surface area contributed by atoms with Crippen molar-refractivity contribution in [2.75, 3.05) is 5.75 Å². The SMILES string of the molecule is CCS(=O)(=O)c1ccc(CNC(=O)NC2CCCCC2)cc1. The van der Waals surface area contributed by atoms with Crippen molar-refractivity contribution in [3.05, 3.63) is 29.8 Å². The number of carbonyl (C=O) groups is 1. The number of hydrogen-bond donors (Lipinski definition) is 2. The largest absolute Gasteiger partial charge is 0.335 e. The molecule has 5 nitrogen and oxygen atoms in total. The summed E-state index contributed by atoms with van der Waals surface area (Å²) in [7, 11) is -3.17. The first-order chi connectivity index (χ1) is 10.5. The molecular weight excluding hydrogens is 300 g/mol. The van der Waals surface area contributed by atoms with Crippen molar-refractivity contribution in [3.8, 4) is 0 Å². The summed E-state index contributed by atoms with van der Waals surface area (Å²) in [5.41, 5.74) is 0.883. The number of hydrogen-bond acceptors (Lipinski definition) is 3. The van der Waals surface area contributed by atoms with Gasteiger partial charge in [0.1, 0.15) is 0 Å². The lowest BCUT2D eigenvalue weighted by Gasteiger charge is -2.22. The summed E-state index contributed by atoms with van der Waals surface area (Å²) >= 11 is 0. The van der Waals surface area contributed by atoms with Crippen LogP contribution in [0.4, 0.5) is 4.79 Å². The maximum atomic E-state index is 11.8. The van der Waals surface area contributed by atoms with Crippen LogP contribution in [0.25, 0.3) is 0 Å². The van der Waals surface area contributed by atoms with E-state index in [1.807, 2.05) is 0 Å². The van der Waals surface area contributed by atoms with Crippen LogP contribution in [0, 0.1) is 0 Å². The van der Waals surface area contributed by atoms with Gasteiger partial charge in [0.05, 0.1) is 10.6 Å². The van der Waals surface area contributed by atoms with E-state index in [1.54, 1.807) is 31.2 Å². The van der Waals surface area contributed by atoms with Crippen LogP contribution < -0.4 is 10.6 Å². The van der Waals surface area contributed by atoms with Gasteiger partial charge in [0.15, 0.2) is 9.84 Å². The minimum absolute atomic E-state index is 0.0917. The number of amides is 2. The van der Waals surface area contributed by atoms with Crippen LogP contribution in [-0.2, 0) is 16.4 Å². The molecule has 0 saturated heterocycles. The van der Waals surface area contributed by atoms with Crippen molar-refractivity contribution in [2.45, 2.75) is 56.5 Å². The lowest BCUT2D eigenvalue weighted by atomic mass is 9.96. The first kappa shape index (κ1) is 16.8. The summed E-state index contributed by atoms with van der Waals surface area (Å²) in [6.45, 7) is 2.02. The molecule has 22 heavy (non-hydrogen) atoms. The fourth-order valence-corrected chi connectivity index (χ4v) is 3.53. The van der Waals surface area contributed by atoms with E-state index in [0.29, 0.717) is 11.4 Å². The normalized spacial score (nSPS) is 16.2. The number of benzene rings is 1. The molecule has 1 saturated carbocycles. The highest BCUT2D eigenvalue weighted by Gasteiger charge is 2.15. The number of rotatable bonds is 5. The molecule has 1 aliphatic carbocycles. The van der Waals surface area contributed by atoms with Crippen molar-refractivity contribution in [2.24, 2.45) is 0 Å². The van der Waals surface area contributed by atoms with E-state index in [-0.39, 0.29) is 17.8 Å². The number of nitrogens with one attached hydrogen (secondary N) is 2. The van der Waals surface area contributed by atoms with Gasteiger partial charge in [-0.05, 0) is 30.5 Å². The third-order valence-corrected chi connectivity index (χ3v) is 5.81. The Bertz CT molecular complexity index is 590. The van der Waals surface area contributed by atoms with Gasteiger partial charge >= 0.3 is 6.03 Å². The Kier molecular flexibility index (Phi) is 5.83. The van der Waals surface area contributed by atoms with E-state index < -0.39 is 9.84 Å². The lowest BCUT2D eigenvalue weighted by Crippen LogP contribution is -2.42. The van der Waals surface area contributed by atoms with E-state index in [4.69, 9.17) is 0 Å². The van der Waals surface area contributed by atoms with E-state index in [9.17, 15) is 13.2 Å². The van der Waals surface area contributed by atoms with E-state index in [1.165, 1.54) is 19.3 Å². The van der Waals surface area contributed by atoms with Crippen molar-refractivity contribution in [3.63, 3.8) is 0 Å². The van der Waals surface area contributed by atoms with Gasteiger partial charge in [-0.15, -0.1) is 0 Å². The van der Waals surface area contributed by atoms with Crippen molar-refractivity contribution in [1.29, 1.82) is 0 Å². The molecule has 1 aromatic carbocycles. The molecule has 2 N–H and O–H groups in total. The van der Waals surface area contributed by atoms with Gasteiger partial charge in [-0.3, -0.25) is 0 Å². The Hall–Kier alpha value is -1.56. The minimum Gasteiger partial charge on any atom is -0.335 e. The zero-order valence-electron chi connectivity index (χ0n) is 13.0. The monoisotopic (exact) mass is 324 g/mol. The number of urea groups is 1. The molecular formula is C16H24N2O3S. The third-order valence-electron chi connectivity index (χ3n) is 4.06. The predicted octanol–water partition coefficient (Wildman–Crippen LogP) is 2.61. The molecule has 1 aliphatic rings.